The second kappa shape index (κ2) is 3.97. The molecule has 0 aromatic rings. The second-order valence-corrected chi connectivity index (χ2v) is 4.96. The summed E-state index contributed by atoms with van der Waals surface area (Å²) in [7, 11) is 2.28. The van der Waals surface area contributed by atoms with Crippen LogP contribution >= 0.6 is 0 Å². The summed E-state index contributed by atoms with van der Waals surface area (Å²) >= 11 is 0. The van der Waals surface area contributed by atoms with Gasteiger partial charge in [0.15, 0.2) is 0 Å². The van der Waals surface area contributed by atoms with E-state index in [1.54, 1.807) is 0 Å². The van der Waals surface area contributed by atoms with E-state index in [0.717, 1.165) is 12.0 Å². The molecule has 0 bridgehead atoms. The topological polar surface area (TPSA) is 29.3 Å². The van der Waals surface area contributed by atoms with Crippen molar-refractivity contribution in [3.8, 4) is 0 Å². The maximum absolute atomic E-state index is 5.91. The number of rotatable bonds is 3. The first-order valence-electron chi connectivity index (χ1n) is 5.71. The van der Waals surface area contributed by atoms with Crippen molar-refractivity contribution in [1.29, 1.82) is 0 Å². The quantitative estimate of drug-likeness (QED) is 0.718. The van der Waals surface area contributed by atoms with Crippen LogP contribution in [0.15, 0.2) is 0 Å². The Morgan fingerprint density at radius 3 is 2.46 bits per heavy atom. The van der Waals surface area contributed by atoms with Crippen LogP contribution in [0.1, 0.15) is 38.5 Å². The molecule has 0 aromatic heterocycles. The molecular formula is C11H22N2. The summed E-state index contributed by atoms with van der Waals surface area (Å²) in [6, 6.07) is 1.27. The highest BCUT2D eigenvalue weighted by molar-refractivity contribution is 4.85. The summed E-state index contributed by atoms with van der Waals surface area (Å²) in [6.45, 7) is 1.32. The Hall–Kier alpha value is -0.0800. The van der Waals surface area contributed by atoms with E-state index < -0.39 is 0 Å². The van der Waals surface area contributed by atoms with Crippen LogP contribution in [0.2, 0.25) is 0 Å². The van der Waals surface area contributed by atoms with Gasteiger partial charge >= 0.3 is 0 Å². The second-order valence-electron chi connectivity index (χ2n) is 4.96. The van der Waals surface area contributed by atoms with E-state index in [2.05, 4.69) is 11.9 Å². The number of hydrogen-bond acceptors (Lipinski definition) is 2. The molecule has 2 fully saturated rings. The zero-order valence-electron chi connectivity index (χ0n) is 8.71. The van der Waals surface area contributed by atoms with Gasteiger partial charge in [-0.3, -0.25) is 0 Å². The van der Waals surface area contributed by atoms with Crippen LogP contribution in [-0.4, -0.2) is 30.6 Å². The molecule has 2 aliphatic carbocycles. The Bertz CT molecular complexity index is 165. The fourth-order valence-corrected chi connectivity index (χ4v) is 2.62. The minimum Gasteiger partial charge on any atom is -0.328 e. The molecule has 2 aliphatic rings. The third-order valence-corrected chi connectivity index (χ3v) is 3.84. The summed E-state index contributed by atoms with van der Waals surface area (Å²) in [5.74, 6) is 1.00. The SMILES string of the molecule is CN(CC1CCC1)C1CCC(N)C1. The van der Waals surface area contributed by atoms with Crippen LogP contribution < -0.4 is 5.73 Å². The number of hydrogen-bond donors (Lipinski definition) is 1. The summed E-state index contributed by atoms with van der Waals surface area (Å²) in [5.41, 5.74) is 5.91. The summed E-state index contributed by atoms with van der Waals surface area (Å²) in [6.07, 6.45) is 8.17. The maximum atomic E-state index is 5.91. The third-order valence-electron chi connectivity index (χ3n) is 3.84. The van der Waals surface area contributed by atoms with Gasteiger partial charge < -0.3 is 10.6 Å². The van der Waals surface area contributed by atoms with Crippen molar-refractivity contribution in [2.24, 2.45) is 11.7 Å². The molecule has 2 heteroatoms. The van der Waals surface area contributed by atoms with E-state index >= 15 is 0 Å². The Balaban J connectivity index is 1.72. The zero-order chi connectivity index (χ0) is 9.26. The minimum absolute atomic E-state index is 0.480. The van der Waals surface area contributed by atoms with Gasteiger partial charge in [-0.2, -0.15) is 0 Å². The lowest BCUT2D eigenvalue weighted by Crippen LogP contribution is -2.36. The van der Waals surface area contributed by atoms with Crippen LogP contribution in [-0.2, 0) is 0 Å². The van der Waals surface area contributed by atoms with Crippen molar-refractivity contribution in [2.45, 2.75) is 50.6 Å². The van der Waals surface area contributed by atoms with Crippen LogP contribution in [0, 0.1) is 5.92 Å². The fourth-order valence-electron chi connectivity index (χ4n) is 2.62. The molecule has 0 radical (unpaired) electrons. The normalized spacial score (nSPS) is 35.3. The van der Waals surface area contributed by atoms with E-state index in [1.165, 1.54) is 45.1 Å². The average molecular weight is 182 g/mol. The van der Waals surface area contributed by atoms with Gasteiger partial charge in [0.25, 0.3) is 0 Å². The zero-order valence-corrected chi connectivity index (χ0v) is 8.71. The molecule has 2 unspecified atom stereocenters. The van der Waals surface area contributed by atoms with Crippen molar-refractivity contribution < 1.29 is 0 Å². The maximum Gasteiger partial charge on any atom is 0.0108 e. The molecule has 2 N–H and O–H groups in total. The first-order chi connectivity index (χ1) is 6.25. The van der Waals surface area contributed by atoms with E-state index in [1.807, 2.05) is 0 Å². The van der Waals surface area contributed by atoms with Crippen LogP contribution in [0.25, 0.3) is 0 Å². The van der Waals surface area contributed by atoms with Gasteiger partial charge in [-0.1, -0.05) is 6.42 Å². The van der Waals surface area contributed by atoms with Gasteiger partial charge in [-0.05, 0) is 45.1 Å². The van der Waals surface area contributed by atoms with E-state index in [4.69, 9.17) is 5.73 Å². The molecule has 2 nitrogen and oxygen atoms in total. The Morgan fingerprint density at radius 2 is 2.00 bits per heavy atom. The van der Waals surface area contributed by atoms with Crippen molar-refractivity contribution >= 4 is 0 Å². The molecule has 0 amide bonds. The van der Waals surface area contributed by atoms with Crippen molar-refractivity contribution in [3.05, 3.63) is 0 Å². The van der Waals surface area contributed by atoms with E-state index in [0.29, 0.717) is 6.04 Å². The monoisotopic (exact) mass is 182 g/mol. The van der Waals surface area contributed by atoms with Gasteiger partial charge in [-0.15, -0.1) is 0 Å². The smallest absolute Gasteiger partial charge is 0.0108 e. The molecule has 13 heavy (non-hydrogen) atoms. The molecule has 2 atom stereocenters. The predicted octanol–water partition coefficient (Wildman–Crippen LogP) is 1.60. The Kier molecular flexibility index (Phi) is 2.89. The number of nitrogens with two attached hydrogens (primary N) is 1. The molecule has 76 valence electrons. The van der Waals surface area contributed by atoms with Crippen molar-refractivity contribution in [2.75, 3.05) is 13.6 Å². The first-order valence-corrected chi connectivity index (χ1v) is 5.71. The Morgan fingerprint density at radius 1 is 1.23 bits per heavy atom. The number of nitrogens with zero attached hydrogens (tertiary/aromatic N) is 1. The molecule has 0 heterocycles. The highest BCUT2D eigenvalue weighted by Gasteiger charge is 2.27. The molecule has 0 aliphatic heterocycles. The van der Waals surface area contributed by atoms with Crippen LogP contribution in [0.5, 0.6) is 0 Å². The molecule has 2 rings (SSSR count). The fraction of sp³-hybridized carbons (Fsp3) is 1.00. The summed E-state index contributed by atoms with van der Waals surface area (Å²) in [5, 5.41) is 0. The predicted molar refractivity (Wildman–Crippen MR) is 55.6 cm³/mol. The lowest BCUT2D eigenvalue weighted by atomic mass is 9.85. The van der Waals surface area contributed by atoms with Gasteiger partial charge in [0.2, 0.25) is 0 Å². The van der Waals surface area contributed by atoms with Gasteiger partial charge in [0, 0.05) is 18.6 Å². The molecular weight excluding hydrogens is 160 g/mol. The van der Waals surface area contributed by atoms with Crippen LogP contribution in [0.4, 0.5) is 0 Å². The molecule has 2 saturated carbocycles. The van der Waals surface area contributed by atoms with Gasteiger partial charge in [0.1, 0.15) is 0 Å². The average Bonchev–Trinajstić information content (AvgIpc) is 2.44. The van der Waals surface area contributed by atoms with E-state index in [9.17, 15) is 0 Å². The standard InChI is InChI=1S/C11H22N2/c1-13(8-9-3-2-4-9)11-6-5-10(12)7-11/h9-11H,2-8,12H2,1H3. The first kappa shape index (κ1) is 9.47. The minimum atomic E-state index is 0.480. The molecule has 0 saturated heterocycles. The summed E-state index contributed by atoms with van der Waals surface area (Å²) in [4.78, 5) is 2.55. The van der Waals surface area contributed by atoms with Crippen LogP contribution in [0.3, 0.4) is 0 Å². The van der Waals surface area contributed by atoms with E-state index in [-0.39, 0.29) is 0 Å². The lowest BCUT2D eigenvalue weighted by molar-refractivity contribution is 0.162. The Labute approximate surface area is 81.5 Å². The highest BCUT2D eigenvalue weighted by Crippen LogP contribution is 2.29. The highest BCUT2D eigenvalue weighted by atomic mass is 15.1. The lowest BCUT2D eigenvalue weighted by Gasteiger charge is -2.33. The molecule has 0 spiro atoms. The summed E-state index contributed by atoms with van der Waals surface area (Å²) < 4.78 is 0. The van der Waals surface area contributed by atoms with Gasteiger partial charge in [0.05, 0.1) is 0 Å². The van der Waals surface area contributed by atoms with Crippen molar-refractivity contribution in [3.63, 3.8) is 0 Å². The largest absolute Gasteiger partial charge is 0.328 e. The van der Waals surface area contributed by atoms with Gasteiger partial charge in [-0.25, -0.2) is 0 Å². The third kappa shape index (κ3) is 2.23. The molecule has 0 aromatic carbocycles. The van der Waals surface area contributed by atoms with Crippen molar-refractivity contribution in [1.82, 2.24) is 4.90 Å².